The molecule has 5 heteroatoms. The van der Waals surface area contributed by atoms with Crippen molar-refractivity contribution in [3.8, 4) is 0 Å². The summed E-state index contributed by atoms with van der Waals surface area (Å²) in [5.41, 5.74) is 3.61. The molecule has 1 aliphatic heterocycles. The molecule has 0 saturated carbocycles. The van der Waals surface area contributed by atoms with Gasteiger partial charge in [0.05, 0.1) is 23.6 Å². The number of nitrogens with one attached hydrogen (secondary N) is 1. The van der Waals surface area contributed by atoms with Crippen molar-refractivity contribution >= 4 is 27.7 Å². The van der Waals surface area contributed by atoms with E-state index in [0.717, 1.165) is 23.7 Å². The van der Waals surface area contributed by atoms with Gasteiger partial charge in [-0.25, -0.2) is 4.98 Å². The fourth-order valence-electron chi connectivity index (χ4n) is 2.75. The number of hydrogen-bond acceptors (Lipinski definition) is 4. The maximum absolute atomic E-state index is 4.69. The minimum absolute atomic E-state index is 0.463. The fraction of sp³-hybridized carbons (Fsp3) is 0.267. The summed E-state index contributed by atoms with van der Waals surface area (Å²) in [6.07, 6.45) is 4.19. The van der Waals surface area contributed by atoms with Gasteiger partial charge in [0.15, 0.2) is 4.96 Å². The number of hydrogen-bond donors (Lipinski definition) is 1. The van der Waals surface area contributed by atoms with E-state index in [0.29, 0.717) is 6.04 Å². The summed E-state index contributed by atoms with van der Waals surface area (Å²) in [7, 11) is 0. The second-order valence-electron chi connectivity index (χ2n) is 5.20. The average molecular weight is 284 g/mol. The summed E-state index contributed by atoms with van der Waals surface area (Å²) in [6.45, 7) is 4.08. The molecule has 20 heavy (non-hydrogen) atoms. The van der Waals surface area contributed by atoms with Crippen LogP contribution in [0, 0.1) is 0 Å². The lowest BCUT2D eigenvalue weighted by Gasteiger charge is -2.37. The second kappa shape index (κ2) is 4.52. The third-order valence-corrected chi connectivity index (χ3v) is 4.58. The number of para-hydroxylation sites is 2. The molecule has 1 unspecified atom stereocenters. The Morgan fingerprint density at radius 2 is 2.30 bits per heavy atom. The Morgan fingerprint density at radius 1 is 1.40 bits per heavy atom. The summed E-state index contributed by atoms with van der Waals surface area (Å²) in [4.78, 5) is 8.19. The van der Waals surface area contributed by atoms with Crippen LogP contribution in [0.2, 0.25) is 0 Å². The van der Waals surface area contributed by atoms with Gasteiger partial charge in [0, 0.05) is 30.4 Å². The van der Waals surface area contributed by atoms with Gasteiger partial charge in [-0.2, -0.15) is 0 Å². The molecule has 4 nitrogen and oxygen atoms in total. The van der Waals surface area contributed by atoms with Crippen LogP contribution in [0.1, 0.15) is 12.6 Å². The summed E-state index contributed by atoms with van der Waals surface area (Å²) in [6, 6.07) is 8.95. The van der Waals surface area contributed by atoms with Crippen molar-refractivity contribution in [3.05, 3.63) is 47.7 Å². The van der Waals surface area contributed by atoms with Crippen LogP contribution in [0.4, 0.5) is 11.4 Å². The monoisotopic (exact) mass is 284 g/mol. The number of aromatic nitrogens is 2. The van der Waals surface area contributed by atoms with E-state index in [-0.39, 0.29) is 0 Å². The number of imidazole rings is 1. The lowest BCUT2D eigenvalue weighted by molar-refractivity contribution is 0.636. The van der Waals surface area contributed by atoms with Crippen molar-refractivity contribution in [1.29, 1.82) is 0 Å². The van der Waals surface area contributed by atoms with Crippen LogP contribution in [0.5, 0.6) is 0 Å². The Balaban J connectivity index is 1.69. The molecule has 2 aromatic heterocycles. The minimum atomic E-state index is 0.463. The SMILES string of the molecule is CC1CNc2ccccc2N1Cc1cn2ccsc2n1. The Morgan fingerprint density at radius 3 is 3.20 bits per heavy atom. The predicted molar refractivity (Wildman–Crippen MR) is 83.6 cm³/mol. The quantitative estimate of drug-likeness (QED) is 0.784. The molecule has 0 radical (unpaired) electrons. The van der Waals surface area contributed by atoms with Gasteiger partial charge in [0.2, 0.25) is 0 Å². The molecule has 1 aromatic carbocycles. The van der Waals surface area contributed by atoms with Crippen LogP contribution in [0.25, 0.3) is 4.96 Å². The van der Waals surface area contributed by atoms with Gasteiger partial charge in [0.25, 0.3) is 0 Å². The first-order valence-corrected chi connectivity index (χ1v) is 7.70. The smallest absolute Gasteiger partial charge is 0.193 e. The highest BCUT2D eigenvalue weighted by molar-refractivity contribution is 7.15. The summed E-state index contributed by atoms with van der Waals surface area (Å²) in [5.74, 6) is 0. The second-order valence-corrected chi connectivity index (χ2v) is 6.07. The van der Waals surface area contributed by atoms with Crippen molar-refractivity contribution in [1.82, 2.24) is 9.38 Å². The van der Waals surface area contributed by atoms with Crippen LogP contribution >= 0.6 is 11.3 Å². The van der Waals surface area contributed by atoms with Gasteiger partial charge in [-0.05, 0) is 19.1 Å². The number of rotatable bonds is 2. The first-order valence-electron chi connectivity index (χ1n) is 6.82. The Bertz CT molecular complexity index is 717. The molecule has 1 aliphatic rings. The van der Waals surface area contributed by atoms with Gasteiger partial charge in [-0.15, -0.1) is 11.3 Å². The molecule has 4 rings (SSSR count). The third kappa shape index (κ3) is 1.86. The van der Waals surface area contributed by atoms with Crippen LogP contribution in [-0.2, 0) is 6.54 Å². The average Bonchev–Trinajstić information content (AvgIpc) is 3.03. The molecule has 0 saturated heterocycles. The van der Waals surface area contributed by atoms with Crippen molar-refractivity contribution in [2.24, 2.45) is 0 Å². The van der Waals surface area contributed by atoms with Crippen LogP contribution in [-0.4, -0.2) is 22.0 Å². The van der Waals surface area contributed by atoms with E-state index >= 15 is 0 Å². The minimum Gasteiger partial charge on any atom is -0.381 e. The van der Waals surface area contributed by atoms with E-state index in [4.69, 9.17) is 4.98 Å². The summed E-state index contributed by atoms with van der Waals surface area (Å²) >= 11 is 1.68. The summed E-state index contributed by atoms with van der Waals surface area (Å²) < 4.78 is 2.10. The molecule has 1 N–H and O–H groups in total. The molecule has 102 valence electrons. The van der Waals surface area contributed by atoms with Gasteiger partial charge < -0.3 is 10.2 Å². The number of fused-ring (bicyclic) bond motifs is 2. The van der Waals surface area contributed by atoms with Crippen LogP contribution in [0.15, 0.2) is 42.0 Å². The van der Waals surface area contributed by atoms with Gasteiger partial charge in [-0.3, -0.25) is 4.40 Å². The van der Waals surface area contributed by atoms with Crippen molar-refractivity contribution in [3.63, 3.8) is 0 Å². The lowest BCUT2D eigenvalue weighted by atomic mass is 10.1. The molecular formula is C15H16N4S. The van der Waals surface area contributed by atoms with E-state index in [9.17, 15) is 0 Å². The molecule has 0 amide bonds. The Hall–Kier alpha value is -2.01. The maximum atomic E-state index is 4.69. The van der Waals surface area contributed by atoms with Crippen molar-refractivity contribution < 1.29 is 0 Å². The van der Waals surface area contributed by atoms with Gasteiger partial charge in [0.1, 0.15) is 0 Å². The largest absolute Gasteiger partial charge is 0.381 e. The molecule has 0 bridgehead atoms. The first kappa shape index (κ1) is 11.8. The standard InChI is InChI=1S/C15H16N4S/c1-11-8-16-13-4-2-3-5-14(13)19(11)10-12-9-18-6-7-20-15(18)17-12/h2-7,9,11,16H,8,10H2,1H3. The number of benzene rings is 1. The Kier molecular flexibility index (Phi) is 2.67. The zero-order valence-corrected chi connectivity index (χ0v) is 12.1. The van der Waals surface area contributed by atoms with E-state index in [1.807, 2.05) is 0 Å². The molecule has 3 heterocycles. The summed E-state index contributed by atoms with van der Waals surface area (Å²) in [5, 5.41) is 5.55. The predicted octanol–water partition coefficient (Wildman–Crippen LogP) is 3.22. The fourth-order valence-corrected chi connectivity index (χ4v) is 3.47. The molecule has 0 aliphatic carbocycles. The maximum Gasteiger partial charge on any atom is 0.193 e. The number of anilines is 2. The normalized spacial score (nSPS) is 18.1. The highest BCUT2D eigenvalue weighted by Gasteiger charge is 2.23. The Labute approximate surface area is 121 Å². The molecular weight excluding hydrogens is 268 g/mol. The van der Waals surface area contributed by atoms with Gasteiger partial charge in [-0.1, -0.05) is 12.1 Å². The number of nitrogens with zero attached hydrogens (tertiary/aromatic N) is 3. The molecule has 1 atom stereocenters. The van der Waals surface area contributed by atoms with Crippen LogP contribution < -0.4 is 10.2 Å². The zero-order chi connectivity index (χ0) is 13.5. The van der Waals surface area contributed by atoms with Crippen molar-refractivity contribution in [2.75, 3.05) is 16.8 Å². The van der Waals surface area contributed by atoms with E-state index in [2.05, 4.69) is 63.6 Å². The van der Waals surface area contributed by atoms with Crippen molar-refractivity contribution in [2.45, 2.75) is 19.5 Å². The van der Waals surface area contributed by atoms with Crippen LogP contribution in [0.3, 0.4) is 0 Å². The van der Waals surface area contributed by atoms with E-state index < -0.39 is 0 Å². The van der Waals surface area contributed by atoms with E-state index in [1.54, 1.807) is 11.3 Å². The van der Waals surface area contributed by atoms with Gasteiger partial charge >= 0.3 is 0 Å². The van der Waals surface area contributed by atoms with E-state index in [1.165, 1.54) is 11.4 Å². The third-order valence-electron chi connectivity index (χ3n) is 3.81. The molecule has 0 fully saturated rings. The highest BCUT2D eigenvalue weighted by Crippen LogP contribution is 2.32. The molecule has 0 spiro atoms. The first-order chi connectivity index (χ1) is 9.81. The highest BCUT2D eigenvalue weighted by atomic mass is 32.1. The topological polar surface area (TPSA) is 32.6 Å². The lowest BCUT2D eigenvalue weighted by Crippen LogP contribution is -2.41. The zero-order valence-electron chi connectivity index (χ0n) is 11.3. The molecule has 3 aromatic rings. The number of thiazole rings is 1.